The van der Waals surface area contributed by atoms with E-state index < -0.39 is 29.4 Å². The van der Waals surface area contributed by atoms with Crippen molar-refractivity contribution in [2.75, 3.05) is 11.4 Å². The predicted molar refractivity (Wildman–Crippen MR) is 140 cm³/mol. The van der Waals surface area contributed by atoms with Crippen molar-refractivity contribution < 1.29 is 28.6 Å². The summed E-state index contributed by atoms with van der Waals surface area (Å²) in [7, 11) is 0. The van der Waals surface area contributed by atoms with Crippen LogP contribution in [0, 0.1) is 5.82 Å². The summed E-state index contributed by atoms with van der Waals surface area (Å²) in [4.78, 5) is 40.0. The van der Waals surface area contributed by atoms with Gasteiger partial charge in [0.2, 0.25) is 0 Å². The Balaban J connectivity index is 1.70. The first kappa shape index (κ1) is 25.9. The number of fused-ring (bicyclic) bond motifs is 1. The molecule has 0 spiro atoms. The lowest BCUT2D eigenvalue weighted by atomic mass is 10.0. The number of benzene rings is 2. The standard InChI is InChI=1S/C28H27ClFN3O5/c1-28(2,3)38-27(37)32-13-5-8-21-24(32)23(18-12-11-16(26(35)36)14-20(18)30)31-33(21)25(34)22-17(15-9-10-15)6-4-7-19(22)29/h4,6-7,11-12,14-15H,5,8-10,13H2,1-3H3,(H,35,36). The van der Waals surface area contributed by atoms with Gasteiger partial charge in [-0.25, -0.2) is 14.0 Å². The van der Waals surface area contributed by atoms with E-state index in [1.54, 1.807) is 32.9 Å². The predicted octanol–water partition coefficient (Wildman–Crippen LogP) is 6.29. The van der Waals surface area contributed by atoms with Crippen LogP contribution >= 0.6 is 11.6 Å². The zero-order valence-corrected chi connectivity index (χ0v) is 22.0. The third-order valence-corrected chi connectivity index (χ3v) is 6.89. The van der Waals surface area contributed by atoms with E-state index in [4.69, 9.17) is 16.3 Å². The van der Waals surface area contributed by atoms with E-state index in [9.17, 15) is 19.5 Å². The van der Waals surface area contributed by atoms with Crippen LogP contribution in [0.3, 0.4) is 0 Å². The van der Waals surface area contributed by atoms with Gasteiger partial charge in [0.05, 0.1) is 27.5 Å². The molecule has 0 saturated heterocycles. The van der Waals surface area contributed by atoms with Gasteiger partial charge < -0.3 is 9.84 Å². The van der Waals surface area contributed by atoms with Gasteiger partial charge in [-0.05, 0) is 82.2 Å². The Morgan fingerprint density at radius 1 is 1.16 bits per heavy atom. The van der Waals surface area contributed by atoms with Crippen LogP contribution in [-0.2, 0) is 11.2 Å². The van der Waals surface area contributed by atoms with Crippen LogP contribution in [0.1, 0.15) is 77.9 Å². The molecule has 1 aliphatic carbocycles. The van der Waals surface area contributed by atoms with Crippen molar-refractivity contribution in [1.29, 1.82) is 0 Å². The number of ether oxygens (including phenoxy) is 1. The maximum absolute atomic E-state index is 15.3. The average Bonchev–Trinajstić information content (AvgIpc) is 3.62. The molecule has 1 saturated carbocycles. The minimum Gasteiger partial charge on any atom is -0.478 e. The fourth-order valence-corrected chi connectivity index (χ4v) is 5.03. The summed E-state index contributed by atoms with van der Waals surface area (Å²) in [6.07, 6.45) is 2.20. The van der Waals surface area contributed by atoms with Gasteiger partial charge in [-0.3, -0.25) is 9.69 Å². The number of aromatic carboxylic acids is 1. The van der Waals surface area contributed by atoms with Crippen LogP contribution in [0.15, 0.2) is 36.4 Å². The van der Waals surface area contributed by atoms with E-state index in [-0.39, 0.29) is 35.0 Å². The number of carboxylic acid groups (broad SMARTS) is 1. The highest BCUT2D eigenvalue weighted by Gasteiger charge is 2.37. The van der Waals surface area contributed by atoms with Gasteiger partial charge in [0.1, 0.15) is 17.1 Å². The fraction of sp³-hybridized carbons (Fsp3) is 0.357. The number of hydrogen-bond acceptors (Lipinski definition) is 5. The normalized spacial score (nSPS) is 15.2. The largest absolute Gasteiger partial charge is 0.478 e. The minimum atomic E-state index is -1.28. The summed E-state index contributed by atoms with van der Waals surface area (Å²) in [5, 5.41) is 14.1. The van der Waals surface area contributed by atoms with E-state index in [0.717, 1.165) is 24.5 Å². The molecule has 3 aromatic rings. The lowest BCUT2D eigenvalue weighted by molar-refractivity contribution is 0.0576. The Morgan fingerprint density at radius 3 is 2.53 bits per heavy atom. The highest BCUT2D eigenvalue weighted by atomic mass is 35.5. The maximum Gasteiger partial charge on any atom is 0.414 e. The van der Waals surface area contributed by atoms with Crippen molar-refractivity contribution in [3.05, 3.63) is 69.6 Å². The molecule has 1 fully saturated rings. The molecule has 1 aromatic heterocycles. The third-order valence-electron chi connectivity index (χ3n) is 6.57. The van der Waals surface area contributed by atoms with E-state index in [1.165, 1.54) is 21.7 Å². The zero-order chi connectivity index (χ0) is 27.4. The molecule has 0 atom stereocenters. The summed E-state index contributed by atoms with van der Waals surface area (Å²) < 4.78 is 22.1. The fourth-order valence-electron chi connectivity index (χ4n) is 4.77. The molecule has 5 rings (SSSR count). The van der Waals surface area contributed by atoms with Gasteiger partial charge in [0, 0.05) is 12.1 Å². The molecule has 198 valence electrons. The smallest absolute Gasteiger partial charge is 0.414 e. The van der Waals surface area contributed by atoms with Crippen LogP contribution in [0.4, 0.5) is 14.9 Å². The topological polar surface area (TPSA) is 102 Å². The second-order valence-electron chi connectivity index (χ2n) is 10.6. The minimum absolute atomic E-state index is 0.0326. The number of nitrogens with zero attached hydrogens (tertiary/aromatic N) is 3. The van der Waals surface area contributed by atoms with Crippen LogP contribution < -0.4 is 4.90 Å². The molecule has 38 heavy (non-hydrogen) atoms. The van der Waals surface area contributed by atoms with Gasteiger partial charge in [-0.15, -0.1) is 0 Å². The van der Waals surface area contributed by atoms with Gasteiger partial charge in [-0.1, -0.05) is 23.7 Å². The number of amides is 1. The Kier molecular flexibility index (Phi) is 6.51. The third kappa shape index (κ3) is 4.78. The molecule has 8 nitrogen and oxygen atoms in total. The summed E-state index contributed by atoms with van der Waals surface area (Å²) in [5.41, 5.74) is 0.875. The second kappa shape index (κ2) is 9.54. The van der Waals surface area contributed by atoms with Gasteiger partial charge in [0.15, 0.2) is 0 Å². The van der Waals surface area contributed by atoms with Gasteiger partial charge in [0.25, 0.3) is 5.91 Å². The first-order valence-corrected chi connectivity index (χ1v) is 12.8. The number of anilines is 1. The number of rotatable bonds is 4. The van der Waals surface area contributed by atoms with E-state index in [1.807, 2.05) is 6.07 Å². The molecule has 2 heterocycles. The van der Waals surface area contributed by atoms with Crippen LogP contribution in [-0.4, -0.2) is 45.0 Å². The van der Waals surface area contributed by atoms with Crippen molar-refractivity contribution in [2.24, 2.45) is 0 Å². The number of halogens is 2. The van der Waals surface area contributed by atoms with E-state index in [2.05, 4.69) is 5.10 Å². The zero-order valence-electron chi connectivity index (χ0n) is 21.3. The summed E-state index contributed by atoms with van der Waals surface area (Å²) in [6, 6.07) is 8.78. The van der Waals surface area contributed by atoms with Crippen LogP contribution in [0.25, 0.3) is 11.3 Å². The summed E-state index contributed by atoms with van der Waals surface area (Å²) in [5.74, 6) is -2.35. The first-order valence-electron chi connectivity index (χ1n) is 12.4. The number of carbonyl (C=O) groups is 3. The number of carboxylic acids is 1. The first-order chi connectivity index (χ1) is 18.0. The second-order valence-corrected chi connectivity index (χ2v) is 11.0. The van der Waals surface area contributed by atoms with Crippen LogP contribution in [0.5, 0.6) is 0 Å². The Bertz CT molecular complexity index is 1470. The lowest BCUT2D eigenvalue weighted by Gasteiger charge is -2.30. The van der Waals surface area contributed by atoms with Gasteiger partial charge in [-0.2, -0.15) is 9.78 Å². The molecule has 10 heteroatoms. The highest BCUT2D eigenvalue weighted by Crippen LogP contribution is 2.44. The Labute approximate surface area is 224 Å². The molecule has 2 aliphatic rings. The molecule has 1 aliphatic heterocycles. The van der Waals surface area contributed by atoms with Crippen molar-refractivity contribution in [2.45, 2.75) is 58.0 Å². The van der Waals surface area contributed by atoms with Crippen LogP contribution in [0.2, 0.25) is 5.02 Å². The number of aromatic nitrogens is 2. The van der Waals surface area contributed by atoms with Crippen molar-refractivity contribution in [3.8, 4) is 11.3 Å². The molecule has 1 N–H and O–H groups in total. The molecular formula is C28H27ClFN3O5. The average molecular weight is 540 g/mol. The molecule has 0 bridgehead atoms. The van der Waals surface area contributed by atoms with E-state index in [0.29, 0.717) is 29.1 Å². The monoisotopic (exact) mass is 539 g/mol. The Morgan fingerprint density at radius 2 is 1.89 bits per heavy atom. The van der Waals surface area contributed by atoms with Gasteiger partial charge >= 0.3 is 12.1 Å². The highest BCUT2D eigenvalue weighted by molar-refractivity contribution is 6.34. The van der Waals surface area contributed by atoms with Crippen molar-refractivity contribution in [3.63, 3.8) is 0 Å². The Hall–Kier alpha value is -3.72. The maximum atomic E-state index is 15.3. The SMILES string of the molecule is CC(C)(C)OC(=O)N1CCCc2c1c(-c1ccc(C(=O)O)cc1F)nn2C(=O)c1c(Cl)cccc1C1CC1. The van der Waals surface area contributed by atoms with E-state index >= 15 is 4.39 Å². The number of hydrogen-bond donors (Lipinski definition) is 1. The molecule has 1 amide bonds. The number of carbonyl (C=O) groups excluding carboxylic acids is 2. The lowest BCUT2D eigenvalue weighted by Crippen LogP contribution is -2.40. The molecule has 0 unspecified atom stereocenters. The van der Waals surface area contributed by atoms with Crippen molar-refractivity contribution >= 4 is 35.3 Å². The summed E-state index contributed by atoms with van der Waals surface area (Å²) in [6.45, 7) is 5.50. The molecule has 0 radical (unpaired) electrons. The molecular weight excluding hydrogens is 513 g/mol. The quantitative estimate of drug-likeness (QED) is 0.418. The molecule has 2 aromatic carbocycles. The van der Waals surface area contributed by atoms with Crippen molar-refractivity contribution in [1.82, 2.24) is 9.78 Å². The summed E-state index contributed by atoms with van der Waals surface area (Å²) >= 11 is 6.51.